The third-order valence-electron chi connectivity index (χ3n) is 5.90. The number of hydrogen-bond acceptors (Lipinski definition) is 4. The maximum absolute atomic E-state index is 13.1. The molecule has 3 heterocycles. The van der Waals surface area contributed by atoms with E-state index in [0.29, 0.717) is 25.4 Å². The fourth-order valence-corrected chi connectivity index (χ4v) is 4.08. The monoisotopic (exact) mass is 381 g/mol. The van der Waals surface area contributed by atoms with Gasteiger partial charge in [0.1, 0.15) is 5.75 Å². The standard InChI is InChI=1S/C22H27N3O3/c26-22(11-17-5-6-21-18(10-17)2-1-9-27-21)24-12-19-7-8-23-25(19)14-20(13-24)28-15-16-3-4-16/h5-8,10,16,20H,1-4,9,11-15H2. The van der Waals surface area contributed by atoms with Gasteiger partial charge in [-0.25, -0.2) is 0 Å². The van der Waals surface area contributed by atoms with Crippen LogP contribution in [0.3, 0.4) is 0 Å². The molecule has 0 saturated heterocycles. The second kappa shape index (κ2) is 7.59. The van der Waals surface area contributed by atoms with Gasteiger partial charge in [-0.2, -0.15) is 5.10 Å². The summed E-state index contributed by atoms with van der Waals surface area (Å²) in [6.07, 6.45) is 6.83. The molecule has 0 spiro atoms. The molecule has 6 nitrogen and oxygen atoms in total. The molecule has 148 valence electrons. The summed E-state index contributed by atoms with van der Waals surface area (Å²) >= 11 is 0. The quantitative estimate of drug-likeness (QED) is 0.799. The molecular weight excluding hydrogens is 354 g/mol. The molecule has 5 rings (SSSR count). The normalized spacial score (nSPS) is 21.4. The predicted octanol–water partition coefficient (Wildman–Crippen LogP) is 2.59. The number of rotatable bonds is 5. The van der Waals surface area contributed by atoms with Crippen LogP contribution in [0.15, 0.2) is 30.5 Å². The molecule has 1 aromatic carbocycles. The molecule has 1 amide bonds. The van der Waals surface area contributed by atoms with E-state index in [2.05, 4.69) is 11.2 Å². The zero-order valence-corrected chi connectivity index (χ0v) is 16.2. The van der Waals surface area contributed by atoms with E-state index in [1.54, 1.807) is 0 Å². The number of nitrogens with zero attached hydrogens (tertiary/aromatic N) is 3. The molecule has 1 atom stereocenters. The summed E-state index contributed by atoms with van der Waals surface area (Å²) in [4.78, 5) is 15.1. The maximum atomic E-state index is 13.1. The van der Waals surface area contributed by atoms with Crippen LogP contribution < -0.4 is 4.74 Å². The van der Waals surface area contributed by atoms with Crippen LogP contribution in [0.2, 0.25) is 0 Å². The Balaban J connectivity index is 1.29. The second-order valence-electron chi connectivity index (χ2n) is 8.25. The van der Waals surface area contributed by atoms with E-state index in [1.165, 1.54) is 18.4 Å². The first-order valence-corrected chi connectivity index (χ1v) is 10.4. The summed E-state index contributed by atoms with van der Waals surface area (Å²) in [6.45, 7) is 3.53. The van der Waals surface area contributed by atoms with Gasteiger partial charge in [-0.1, -0.05) is 12.1 Å². The highest BCUT2D eigenvalue weighted by atomic mass is 16.5. The average Bonchev–Trinajstić information content (AvgIpc) is 3.48. The zero-order chi connectivity index (χ0) is 18.9. The lowest BCUT2D eigenvalue weighted by molar-refractivity contribution is -0.133. The van der Waals surface area contributed by atoms with Crippen molar-refractivity contribution >= 4 is 5.91 Å². The fraction of sp³-hybridized carbons (Fsp3) is 0.545. The number of aryl methyl sites for hydroxylation is 1. The van der Waals surface area contributed by atoms with Crippen molar-refractivity contribution in [1.82, 2.24) is 14.7 Å². The average molecular weight is 381 g/mol. The van der Waals surface area contributed by atoms with Gasteiger partial charge >= 0.3 is 0 Å². The molecule has 1 saturated carbocycles. The van der Waals surface area contributed by atoms with E-state index in [9.17, 15) is 4.79 Å². The molecule has 6 heteroatoms. The smallest absolute Gasteiger partial charge is 0.227 e. The molecule has 0 bridgehead atoms. The van der Waals surface area contributed by atoms with Gasteiger partial charge in [-0.05, 0) is 54.9 Å². The number of ether oxygens (including phenoxy) is 2. The highest BCUT2D eigenvalue weighted by Gasteiger charge is 2.29. The van der Waals surface area contributed by atoms with E-state index < -0.39 is 0 Å². The van der Waals surface area contributed by atoms with Crippen molar-refractivity contribution in [3.8, 4) is 5.75 Å². The summed E-state index contributed by atoms with van der Waals surface area (Å²) in [5, 5.41) is 4.42. The number of amides is 1. The van der Waals surface area contributed by atoms with Gasteiger partial charge in [0.15, 0.2) is 0 Å². The van der Waals surface area contributed by atoms with Crippen LogP contribution in [0.25, 0.3) is 0 Å². The van der Waals surface area contributed by atoms with Crippen molar-refractivity contribution in [1.29, 1.82) is 0 Å². The number of carbonyl (C=O) groups excluding carboxylic acids is 1. The number of carbonyl (C=O) groups is 1. The van der Waals surface area contributed by atoms with E-state index in [4.69, 9.17) is 9.47 Å². The lowest BCUT2D eigenvalue weighted by Gasteiger charge is -2.25. The Kier molecular flexibility index (Phi) is 4.81. The number of fused-ring (bicyclic) bond motifs is 2. The third kappa shape index (κ3) is 3.92. The van der Waals surface area contributed by atoms with Gasteiger partial charge in [-0.15, -0.1) is 0 Å². The van der Waals surface area contributed by atoms with Crippen LogP contribution >= 0.6 is 0 Å². The molecule has 0 N–H and O–H groups in total. The summed E-state index contributed by atoms with van der Waals surface area (Å²) in [7, 11) is 0. The van der Waals surface area contributed by atoms with Crippen LogP contribution in [0.4, 0.5) is 0 Å². The van der Waals surface area contributed by atoms with Crippen molar-refractivity contribution in [2.45, 2.75) is 51.3 Å². The second-order valence-corrected chi connectivity index (χ2v) is 8.25. The van der Waals surface area contributed by atoms with Crippen molar-refractivity contribution in [2.75, 3.05) is 19.8 Å². The van der Waals surface area contributed by atoms with Crippen molar-refractivity contribution in [3.63, 3.8) is 0 Å². The molecule has 28 heavy (non-hydrogen) atoms. The molecule has 1 unspecified atom stereocenters. The van der Waals surface area contributed by atoms with Gasteiger partial charge in [0.2, 0.25) is 5.91 Å². The SMILES string of the molecule is O=C(Cc1ccc2c(c1)CCCO2)N1Cc2ccnn2CC(OCC2CC2)C1. The lowest BCUT2D eigenvalue weighted by Crippen LogP contribution is -2.38. The van der Waals surface area contributed by atoms with E-state index in [1.807, 2.05) is 34.0 Å². The first kappa shape index (κ1) is 17.7. The number of hydrogen-bond donors (Lipinski definition) is 0. The zero-order valence-electron chi connectivity index (χ0n) is 16.2. The van der Waals surface area contributed by atoms with Crippen molar-refractivity contribution in [3.05, 3.63) is 47.3 Å². The Morgan fingerprint density at radius 3 is 3.07 bits per heavy atom. The highest BCUT2D eigenvalue weighted by molar-refractivity contribution is 5.79. The summed E-state index contributed by atoms with van der Waals surface area (Å²) < 4.78 is 13.8. The highest BCUT2D eigenvalue weighted by Crippen LogP contribution is 2.30. The minimum atomic E-state index is 0.00244. The number of benzene rings is 1. The Hall–Kier alpha value is -2.34. The predicted molar refractivity (Wildman–Crippen MR) is 104 cm³/mol. The Labute approximate surface area is 165 Å². The molecule has 3 aliphatic rings. The lowest BCUT2D eigenvalue weighted by atomic mass is 10.0. The van der Waals surface area contributed by atoms with Crippen molar-refractivity contribution < 1.29 is 14.3 Å². The minimum absolute atomic E-state index is 0.00244. The Bertz CT molecular complexity index is 858. The van der Waals surface area contributed by atoms with Crippen LogP contribution in [-0.2, 0) is 35.5 Å². The van der Waals surface area contributed by atoms with E-state index >= 15 is 0 Å². The Morgan fingerprint density at radius 1 is 1.25 bits per heavy atom. The molecule has 1 fully saturated rings. The van der Waals surface area contributed by atoms with Crippen molar-refractivity contribution in [2.24, 2.45) is 5.92 Å². The molecular formula is C22H27N3O3. The first-order chi connectivity index (χ1) is 13.7. The fourth-order valence-electron chi connectivity index (χ4n) is 4.08. The summed E-state index contributed by atoms with van der Waals surface area (Å²) in [5.41, 5.74) is 3.35. The molecule has 2 aromatic rings. The third-order valence-corrected chi connectivity index (χ3v) is 5.90. The van der Waals surface area contributed by atoms with Crippen LogP contribution in [-0.4, -0.2) is 46.5 Å². The molecule has 2 aliphatic heterocycles. The topological polar surface area (TPSA) is 56.6 Å². The van der Waals surface area contributed by atoms with Crippen LogP contribution in [0.5, 0.6) is 5.75 Å². The van der Waals surface area contributed by atoms with Gasteiger partial charge in [0.05, 0.1) is 37.9 Å². The van der Waals surface area contributed by atoms with Gasteiger partial charge in [0.25, 0.3) is 0 Å². The minimum Gasteiger partial charge on any atom is -0.493 e. The van der Waals surface area contributed by atoms with Crippen LogP contribution in [0.1, 0.15) is 36.1 Å². The van der Waals surface area contributed by atoms with Gasteiger partial charge < -0.3 is 14.4 Å². The number of aromatic nitrogens is 2. The maximum Gasteiger partial charge on any atom is 0.227 e. The molecule has 1 aliphatic carbocycles. The van der Waals surface area contributed by atoms with Crippen LogP contribution in [0, 0.1) is 5.92 Å². The van der Waals surface area contributed by atoms with E-state index in [0.717, 1.165) is 49.6 Å². The Morgan fingerprint density at radius 2 is 2.18 bits per heavy atom. The molecule has 0 radical (unpaired) electrons. The summed E-state index contributed by atoms with van der Waals surface area (Å²) in [5.74, 6) is 1.82. The van der Waals surface area contributed by atoms with Gasteiger partial charge in [0, 0.05) is 19.3 Å². The van der Waals surface area contributed by atoms with E-state index in [-0.39, 0.29) is 12.0 Å². The first-order valence-electron chi connectivity index (χ1n) is 10.4. The molecule has 1 aromatic heterocycles. The van der Waals surface area contributed by atoms with Gasteiger partial charge in [-0.3, -0.25) is 9.48 Å². The summed E-state index contributed by atoms with van der Waals surface area (Å²) in [6, 6.07) is 8.16. The largest absolute Gasteiger partial charge is 0.493 e.